The molecule has 110 valence electrons. The number of rotatable bonds is 2. The van der Waals surface area contributed by atoms with E-state index in [2.05, 4.69) is 0 Å². The van der Waals surface area contributed by atoms with Gasteiger partial charge >= 0.3 is 0 Å². The highest BCUT2D eigenvalue weighted by molar-refractivity contribution is 7.91. The summed E-state index contributed by atoms with van der Waals surface area (Å²) in [5, 5.41) is 0.336. The summed E-state index contributed by atoms with van der Waals surface area (Å²) < 4.78 is 39.1. The fourth-order valence-corrected chi connectivity index (χ4v) is 3.45. The van der Waals surface area contributed by atoms with Crippen molar-refractivity contribution >= 4 is 27.2 Å². The molecule has 2 rings (SSSR count). The second-order valence-electron chi connectivity index (χ2n) is 5.17. The minimum atomic E-state index is -2.90. The maximum Gasteiger partial charge on any atom is 0.259 e. The molecule has 8 heteroatoms. The van der Waals surface area contributed by atoms with E-state index >= 15 is 0 Å². The van der Waals surface area contributed by atoms with Gasteiger partial charge < -0.3 is 19.1 Å². The quantitative estimate of drug-likeness (QED) is 0.674. The van der Waals surface area contributed by atoms with Crippen molar-refractivity contribution in [1.82, 2.24) is 4.90 Å². The minimum Gasteiger partial charge on any atom is -0.468 e. The maximum absolute atomic E-state index is 11.3. The van der Waals surface area contributed by atoms with Gasteiger partial charge in [0.25, 0.3) is 5.17 Å². The molecule has 0 aromatic heterocycles. The second-order valence-corrected chi connectivity index (χ2v) is 7.82. The van der Waals surface area contributed by atoms with Crippen LogP contribution < -0.4 is 0 Å². The first-order valence-corrected chi connectivity index (χ1v) is 8.44. The van der Waals surface area contributed by atoms with Crippen LogP contribution in [-0.2, 0) is 24.0 Å². The Hall–Kier alpha value is -0.440. The lowest BCUT2D eigenvalue weighted by molar-refractivity contribution is -0.142. The molecule has 2 heterocycles. The maximum atomic E-state index is 11.3. The summed E-state index contributed by atoms with van der Waals surface area (Å²) in [6.07, 6.45) is -0.138. The molecule has 19 heavy (non-hydrogen) atoms. The summed E-state index contributed by atoms with van der Waals surface area (Å²) in [5.41, 5.74) is 0. The summed E-state index contributed by atoms with van der Waals surface area (Å²) in [6, 6.07) is 0. The molecule has 2 saturated heterocycles. The number of hydrogen-bond donors (Lipinski definition) is 0. The third-order valence-corrected chi connectivity index (χ3v) is 5.05. The van der Waals surface area contributed by atoms with Crippen LogP contribution in [0.4, 0.5) is 0 Å². The van der Waals surface area contributed by atoms with Gasteiger partial charge in [0.2, 0.25) is 0 Å². The molecule has 0 N–H and O–H groups in total. The predicted molar refractivity (Wildman–Crippen MR) is 73.7 cm³/mol. The van der Waals surface area contributed by atoms with E-state index in [0.29, 0.717) is 31.5 Å². The number of thiocarbonyl (C=S) groups is 1. The molecule has 2 aliphatic heterocycles. The molecule has 0 bridgehead atoms. The van der Waals surface area contributed by atoms with Gasteiger partial charge in [-0.1, -0.05) is 0 Å². The highest BCUT2D eigenvalue weighted by Gasteiger charge is 2.33. The lowest BCUT2D eigenvalue weighted by atomic mass is 10.4. The van der Waals surface area contributed by atoms with Gasteiger partial charge in [-0.3, -0.25) is 0 Å². The molecule has 0 amide bonds. The van der Waals surface area contributed by atoms with Crippen molar-refractivity contribution in [3.63, 3.8) is 0 Å². The number of nitrogens with zero attached hydrogens (tertiary/aromatic N) is 1. The Labute approximate surface area is 118 Å². The molecule has 0 saturated carbocycles. The average molecular weight is 309 g/mol. The van der Waals surface area contributed by atoms with Crippen LogP contribution >= 0.6 is 12.2 Å². The highest BCUT2D eigenvalue weighted by Crippen LogP contribution is 2.22. The molecular weight excluding hydrogens is 290 g/mol. The normalized spacial score (nSPS) is 29.2. The summed E-state index contributed by atoms with van der Waals surface area (Å²) in [5.74, 6) is -0.312. The van der Waals surface area contributed by atoms with Crippen molar-refractivity contribution in [1.29, 1.82) is 0 Å². The van der Waals surface area contributed by atoms with E-state index in [0.717, 1.165) is 0 Å². The molecule has 1 atom stereocenters. The van der Waals surface area contributed by atoms with Crippen molar-refractivity contribution in [3.05, 3.63) is 0 Å². The lowest BCUT2D eigenvalue weighted by Gasteiger charge is -2.28. The van der Waals surface area contributed by atoms with E-state index in [1.807, 2.05) is 13.8 Å². The van der Waals surface area contributed by atoms with Crippen molar-refractivity contribution in [2.45, 2.75) is 25.7 Å². The van der Waals surface area contributed by atoms with Crippen LogP contribution in [0.1, 0.15) is 13.8 Å². The van der Waals surface area contributed by atoms with Crippen LogP contribution in [0.2, 0.25) is 0 Å². The summed E-state index contributed by atoms with van der Waals surface area (Å²) in [4.78, 5) is 1.78. The van der Waals surface area contributed by atoms with Crippen molar-refractivity contribution in [2.75, 3.05) is 37.8 Å². The SMILES string of the molecule is CC1(C)OC[C@@H](COC(=S)N2CCS(=O)(=O)CC2)O1. The van der Waals surface area contributed by atoms with Gasteiger partial charge in [-0.05, 0) is 26.1 Å². The van der Waals surface area contributed by atoms with Crippen LogP contribution in [0.25, 0.3) is 0 Å². The molecule has 0 aliphatic carbocycles. The van der Waals surface area contributed by atoms with Gasteiger partial charge in [-0.25, -0.2) is 8.42 Å². The molecule has 6 nitrogen and oxygen atoms in total. The highest BCUT2D eigenvalue weighted by atomic mass is 32.2. The predicted octanol–water partition coefficient (Wildman–Crippen LogP) is 0.170. The molecule has 2 aliphatic rings. The van der Waals surface area contributed by atoms with E-state index in [4.69, 9.17) is 26.4 Å². The monoisotopic (exact) mass is 309 g/mol. The fraction of sp³-hybridized carbons (Fsp3) is 0.909. The number of ether oxygens (including phenoxy) is 3. The first-order valence-electron chi connectivity index (χ1n) is 6.21. The number of sulfone groups is 1. The van der Waals surface area contributed by atoms with Crippen LogP contribution in [0, 0.1) is 0 Å². The van der Waals surface area contributed by atoms with Gasteiger partial charge in [-0.2, -0.15) is 0 Å². The average Bonchev–Trinajstić information content (AvgIpc) is 2.66. The number of hydrogen-bond acceptors (Lipinski definition) is 6. The van der Waals surface area contributed by atoms with Gasteiger partial charge in [0.15, 0.2) is 15.6 Å². The molecule has 0 radical (unpaired) electrons. The van der Waals surface area contributed by atoms with E-state index in [1.54, 1.807) is 4.90 Å². The molecule has 2 fully saturated rings. The standard InChI is InChI=1S/C11H19NO5S2/c1-11(2)16-8-9(17-11)7-15-10(18)12-3-5-19(13,14)6-4-12/h9H,3-8H2,1-2H3/t9-/m1/s1. The van der Waals surface area contributed by atoms with E-state index in [9.17, 15) is 8.42 Å². The van der Waals surface area contributed by atoms with Crippen LogP contribution in [0.15, 0.2) is 0 Å². The fourth-order valence-electron chi connectivity index (χ4n) is 2.00. The zero-order valence-electron chi connectivity index (χ0n) is 11.1. The van der Waals surface area contributed by atoms with Crippen molar-refractivity contribution in [2.24, 2.45) is 0 Å². The molecule has 0 aromatic rings. The van der Waals surface area contributed by atoms with Gasteiger partial charge in [0.1, 0.15) is 12.7 Å². The Bertz CT molecular complexity index is 434. The van der Waals surface area contributed by atoms with Crippen molar-refractivity contribution in [3.8, 4) is 0 Å². The van der Waals surface area contributed by atoms with E-state index < -0.39 is 15.6 Å². The van der Waals surface area contributed by atoms with Crippen molar-refractivity contribution < 1.29 is 22.6 Å². The Kier molecular flexibility index (Phi) is 4.34. The summed E-state index contributed by atoms with van der Waals surface area (Å²) in [6.45, 7) is 5.29. The molecule has 0 aromatic carbocycles. The zero-order valence-corrected chi connectivity index (χ0v) is 12.8. The second kappa shape index (κ2) is 5.51. The van der Waals surface area contributed by atoms with Gasteiger partial charge in [0, 0.05) is 13.1 Å². The topological polar surface area (TPSA) is 65.1 Å². The van der Waals surface area contributed by atoms with E-state index in [-0.39, 0.29) is 17.6 Å². The first-order chi connectivity index (χ1) is 8.77. The largest absolute Gasteiger partial charge is 0.468 e. The smallest absolute Gasteiger partial charge is 0.259 e. The van der Waals surface area contributed by atoms with Crippen LogP contribution in [0.3, 0.4) is 0 Å². The molecule has 0 spiro atoms. The third-order valence-electron chi connectivity index (χ3n) is 3.06. The summed E-state index contributed by atoms with van der Waals surface area (Å²) in [7, 11) is -2.90. The van der Waals surface area contributed by atoms with Gasteiger partial charge in [-0.15, -0.1) is 0 Å². The Balaban J connectivity index is 1.74. The minimum absolute atomic E-state index is 0.132. The Morgan fingerprint density at radius 1 is 1.42 bits per heavy atom. The summed E-state index contributed by atoms with van der Waals surface area (Å²) >= 11 is 5.15. The lowest BCUT2D eigenvalue weighted by Crippen LogP contribution is -2.44. The van der Waals surface area contributed by atoms with Gasteiger partial charge in [0.05, 0.1) is 18.1 Å². The van der Waals surface area contributed by atoms with Crippen LogP contribution in [0.5, 0.6) is 0 Å². The molecular formula is C11H19NO5S2. The zero-order chi connectivity index (χ0) is 14.1. The first kappa shape index (κ1) is 15.0. The molecule has 0 unspecified atom stereocenters. The van der Waals surface area contributed by atoms with E-state index in [1.165, 1.54) is 0 Å². The van der Waals surface area contributed by atoms with Crippen LogP contribution in [-0.4, -0.2) is 68.2 Å². The third kappa shape index (κ3) is 4.27. The Morgan fingerprint density at radius 3 is 2.58 bits per heavy atom. The Morgan fingerprint density at radius 2 is 2.05 bits per heavy atom.